The number of carbonyl (C=O) groups excluding carboxylic acids is 1. The van der Waals surface area contributed by atoms with E-state index in [2.05, 4.69) is 6.92 Å². The minimum absolute atomic E-state index is 0.00208. The second-order valence-electron chi connectivity index (χ2n) is 4.55. The van der Waals surface area contributed by atoms with Crippen LogP contribution in [0.1, 0.15) is 17.3 Å². The third-order valence-corrected chi connectivity index (χ3v) is 3.30. The van der Waals surface area contributed by atoms with E-state index in [9.17, 15) is 4.79 Å². The number of ether oxygens (including phenoxy) is 1. The van der Waals surface area contributed by atoms with Gasteiger partial charge in [-0.3, -0.25) is 4.79 Å². The fourth-order valence-corrected chi connectivity index (χ4v) is 2.15. The van der Waals surface area contributed by atoms with Crippen molar-refractivity contribution in [3.05, 3.63) is 29.8 Å². The first kappa shape index (κ1) is 11.9. The lowest BCUT2D eigenvalue weighted by Crippen LogP contribution is -2.32. The molecular weight excluding hydrogens is 216 g/mol. The van der Waals surface area contributed by atoms with Gasteiger partial charge in [0, 0.05) is 19.1 Å². The van der Waals surface area contributed by atoms with Crippen molar-refractivity contribution >= 4 is 5.91 Å². The molecule has 4 heteroatoms. The fraction of sp³-hybridized carbons (Fsp3) is 0.462. The normalized spacial score (nSPS) is 23.8. The number of carbonyl (C=O) groups is 1. The molecule has 2 rings (SSSR count). The smallest absolute Gasteiger partial charge is 0.257 e. The molecule has 2 N–H and O–H groups in total. The Bertz CT molecular complexity index is 410. The molecule has 0 saturated carbocycles. The van der Waals surface area contributed by atoms with Crippen molar-refractivity contribution in [2.75, 3.05) is 20.2 Å². The molecule has 17 heavy (non-hydrogen) atoms. The largest absolute Gasteiger partial charge is 0.496 e. The first-order chi connectivity index (χ1) is 8.13. The standard InChI is InChI=1S/C13H18N2O2/c1-9-7-15(8-11(9)14)13(16)10-5-3-4-6-12(10)17-2/h3-6,9,11H,7-8,14H2,1-2H3. The topological polar surface area (TPSA) is 55.6 Å². The number of hydrogen-bond donors (Lipinski definition) is 1. The molecule has 1 heterocycles. The molecule has 0 aromatic heterocycles. The van der Waals surface area contributed by atoms with Crippen molar-refractivity contribution in [2.24, 2.45) is 11.7 Å². The maximum absolute atomic E-state index is 12.3. The first-order valence-electron chi connectivity index (χ1n) is 5.81. The Hall–Kier alpha value is -1.55. The molecule has 92 valence electrons. The van der Waals surface area contributed by atoms with Gasteiger partial charge in [0.15, 0.2) is 0 Å². The van der Waals surface area contributed by atoms with Crippen molar-refractivity contribution < 1.29 is 9.53 Å². The number of likely N-dealkylation sites (tertiary alicyclic amines) is 1. The van der Waals surface area contributed by atoms with E-state index < -0.39 is 0 Å². The lowest BCUT2D eigenvalue weighted by molar-refractivity contribution is 0.0783. The third-order valence-electron chi connectivity index (χ3n) is 3.30. The molecule has 1 fully saturated rings. The summed E-state index contributed by atoms with van der Waals surface area (Å²) in [6, 6.07) is 7.36. The molecule has 1 amide bonds. The summed E-state index contributed by atoms with van der Waals surface area (Å²) in [4.78, 5) is 14.1. The van der Waals surface area contributed by atoms with Crippen molar-refractivity contribution in [3.8, 4) is 5.75 Å². The van der Waals surface area contributed by atoms with E-state index in [-0.39, 0.29) is 11.9 Å². The van der Waals surface area contributed by atoms with Crippen LogP contribution in [-0.4, -0.2) is 37.0 Å². The summed E-state index contributed by atoms with van der Waals surface area (Å²) >= 11 is 0. The summed E-state index contributed by atoms with van der Waals surface area (Å²) in [5.41, 5.74) is 6.54. The summed E-state index contributed by atoms with van der Waals surface area (Å²) in [5.74, 6) is 0.974. The summed E-state index contributed by atoms with van der Waals surface area (Å²) < 4.78 is 5.20. The van der Waals surface area contributed by atoms with Crippen molar-refractivity contribution in [2.45, 2.75) is 13.0 Å². The molecule has 0 bridgehead atoms. The van der Waals surface area contributed by atoms with Crippen LogP contribution in [0.5, 0.6) is 5.75 Å². The Morgan fingerprint density at radius 1 is 1.41 bits per heavy atom. The average Bonchev–Trinajstić information content (AvgIpc) is 2.68. The Morgan fingerprint density at radius 2 is 2.12 bits per heavy atom. The molecule has 1 aliphatic rings. The minimum atomic E-state index is 0.00208. The number of nitrogens with two attached hydrogens (primary N) is 1. The first-order valence-corrected chi connectivity index (χ1v) is 5.81. The maximum atomic E-state index is 12.3. The van der Waals surface area contributed by atoms with Gasteiger partial charge in [0.1, 0.15) is 5.75 Å². The van der Waals surface area contributed by atoms with Gasteiger partial charge in [-0.1, -0.05) is 19.1 Å². The summed E-state index contributed by atoms with van der Waals surface area (Å²) in [5, 5.41) is 0. The molecular formula is C13H18N2O2. The van der Waals surface area contributed by atoms with Gasteiger partial charge in [-0.2, -0.15) is 0 Å². The highest BCUT2D eigenvalue weighted by Gasteiger charge is 2.31. The number of amides is 1. The summed E-state index contributed by atoms with van der Waals surface area (Å²) in [6.07, 6.45) is 0. The molecule has 2 atom stereocenters. The average molecular weight is 234 g/mol. The van der Waals surface area contributed by atoms with Gasteiger partial charge in [-0.15, -0.1) is 0 Å². The number of para-hydroxylation sites is 1. The third kappa shape index (κ3) is 2.26. The molecule has 4 nitrogen and oxygen atoms in total. The van der Waals surface area contributed by atoms with Crippen LogP contribution in [0.2, 0.25) is 0 Å². The zero-order valence-corrected chi connectivity index (χ0v) is 10.2. The quantitative estimate of drug-likeness (QED) is 0.834. The van der Waals surface area contributed by atoms with Crippen LogP contribution in [0.4, 0.5) is 0 Å². The summed E-state index contributed by atoms with van der Waals surface area (Å²) in [7, 11) is 1.57. The zero-order chi connectivity index (χ0) is 12.4. The molecule has 0 spiro atoms. The lowest BCUT2D eigenvalue weighted by Gasteiger charge is -2.17. The highest BCUT2D eigenvalue weighted by Crippen LogP contribution is 2.23. The molecule has 2 unspecified atom stereocenters. The fourth-order valence-electron chi connectivity index (χ4n) is 2.15. The van der Waals surface area contributed by atoms with Crippen LogP contribution < -0.4 is 10.5 Å². The van der Waals surface area contributed by atoms with E-state index >= 15 is 0 Å². The van der Waals surface area contributed by atoms with Gasteiger partial charge >= 0.3 is 0 Å². The van der Waals surface area contributed by atoms with Crippen LogP contribution in [0.15, 0.2) is 24.3 Å². The SMILES string of the molecule is COc1ccccc1C(=O)N1CC(C)C(N)C1. The number of rotatable bonds is 2. The highest BCUT2D eigenvalue weighted by atomic mass is 16.5. The maximum Gasteiger partial charge on any atom is 0.257 e. The number of hydrogen-bond acceptors (Lipinski definition) is 3. The highest BCUT2D eigenvalue weighted by molar-refractivity contribution is 5.97. The van der Waals surface area contributed by atoms with E-state index in [1.54, 1.807) is 24.1 Å². The van der Waals surface area contributed by atoms with E-state index in [1.165, 1.54) is 0 Å². The zero-order valence-electron chi connectivity index (χ0n) is 10.2. The van der Waals surface area contributed by atoms with Gasteiger partial charge < -0.3 is 15.4 Å². The van der Waals surface area contributed by atoms with Gasteiger partial charge in [-0.25, -0.2) is 0 Å². The van der Waals surface area contributed by atoms with Gasteiger partial charge in [-0.05, 0) is 18.1 Å². The molecule has 0 radical (unpaired) electrons. The predicted octanol–water partition coefficient (Wildman–Crippen LogP) is 1.11. The summed E-state index contributed by atoms with van der Waals surface area (Å²) in [6.45, 7) is 3.41. The van der Waals surface area contributed by atoms with Gasteiger partial charge in [0.05, 0.1) is 12.7 Å². The van der Waals surface area contributed by atoms with Gasteiger partial charge in [0.25, 0.3) is 5.91 Å². The number of nitrogens with zero attached hydrogens (tertiary/aromatic N) is 1. The Balaban J connectivity index is 2.20. The van der Waals surface area contributed by atoms with E-state index in [0.717, 1.165) is 6.54 Å². The second kappa shape index (κ2) is 4.75. The van der Waals surface area contributed by atoms with E-state index in [1.807, 2.05) is 12.1 Å². The molecule has 1 aromatic carbocycles. The minimum Gasteiger partial charge on any atom is -0.496 e. The lowest BCUT2D eigenvalue weighted by atomic mass is 10.1. The van der Waals surface area contributed by atoms with Crippen LogP contribution in [-0.2, 0) is 0 Å². The monoisotopic (exact) mass is 234 g/mol. The van der Waals surface area contributed by atoms with E-state index in [0.29, 0.717) is 23.8 Å². The number of methoxy groups -OCH3 is 1. The van der Waals surface area contributed by atoms with E-state index in [4.69, 9.17) is 10.5 Å². The van der Waals surface area contributed by atoms with Crippen LogP contribution in [0, 0.1) is 5.92 Å². The number of benzene rings is 1. The van der Waals surface area contributed by atoms with Gasteiger partial charge in [0.2, 0.25) is 0 Å². The Morgan fingerprint density at radius 3 is 2.71 bits per heavy atom. The molecule has 0 aliphatic carbocycles. The van der Waals surface area contributed by atoms with Crippen LogP contribution in [0.25, 0.3) is 0 Å². The predicted molar refractivity (Wildman–Crippen MR) is 66.0 cm³/mol. The Labute approximate surface area is 101 Å². The Kier molecular flexibility index (Phi) is 3.33. The van der Waals surface area contributed by atoms with Crippen molar-refractivity contribution in [1.29, 1.82) is 0 Å². The molecule has 1 aromatic rings. The molecule has 1 saturated heterocycles. The van der Waals surface area contributed by atoms with Crippen molar-refractivity contribution in [1.82, 2.24) is 4.90 Å². The second-order valence-corrected chi connectivity index (χ2v) is 4.55. The van der Waals surface area contributed by atoms with Crippen molar-refractivity contribution in [3.63, 3.8) is 0 Å². The van der Waals surface area contributed by atoms with Crippen LogP contribution >= 0.6 is 0 Å². The molecule has 1 aliphatic heterocycles. The van der Waals surface area contributed by atoms with Crippen LogP contribution in [0.3, 0.4) is 0 Å².